The molecule has 0 aliphatic carbocycles. The van der Waals surface area contributed by atoms with Gasteiger partial charge in [-0.15, -0.1) is 0 Å². The van der Waals surface area contributed by atoms with E-state index in [1.165, 1.54) is 6.92 Å². The van der Waals surface area contributed by atoms with Gasteiger partial charge in [0.1, 0.15) is 84.6 Å². The minimum absolute atomic E-state index is 0.0566. The van der Waals surface area contributed by atoms with Gasteiger partial charge in [-0.1, -0.05) is 34.1 Å². The van der Waals surface area contributed by atoms with Crippen LogP contribution in [-0.2, 0) is 101 Å². The first-order valence-corrected chi connectivity index (χ1v) is 34.3. The quantitative estimate of drug-likeness (QED) is 0.0251. The van der Waals surface area contributed by atoms with Gasteiger partial charge in [-0.05, 0) is 64.3 Å². The highest BCUT2D eigenvalue weighted by Crippen LogP contribution is 2.14. The summed E-state index contributed by atoms with van der Waals surface area (Å²) in [6, 6.07) is -27.2. The summed E-state index contributed by atoms with van der Waals surface area (Å²) in [6.45, 7) is 3.22. The molecule has 0 aromatic heterocycles. The van der Waals surface area contributed by atoms with E-state index in [0.29, 0.717) is 0 Å². The van der Waals surface area contributed by atoms with Crippen LogP contribution >= 0.6 is 0 Å². The van der Waals surface area contributed by atoms with Crippen LogP contribution in [0.4, 0.5) is 0 Å². The van der Waals surface area contributed by atoms with E-state index < -0.39 is 304 Å². The van der Waals surface area contributed by atoms with Crippen molar-refractivity contribution in [1.29, 1.82) is 0 Å². The summed E-state index contributed by atoms with van der Waals surface area (Å²) < 4.78 is 0. The number of amides is 17. The molecule has 111 heavy (non-hydrogen) atoms. The van der Waals surface area contributed by atoms with Crippen LogP contribution in [-0.4, -0.2) is 300 Å². The van der Waals surface area contributed by atoms with Crippen LogP contribution in [0.2, 0.25) is 0 Å². The molecule has 0 aromatic rings. The summed E-state index contributed by atoms with van der Waals surface area (Å²) in [5, 5.41) is 118. The highest BCUT2D eigenvalue weighted by atomic mass is 16.4. The molecule has 0 saturated carbocycles. The zero-order valence-electron chi connectivity index (χ0n) is 61.4. The molecular weight excluding hydrogens is 1490 g/mol. The Bertz CT molecular complexity index is 3330. The zero-order valence-corrected chi connectivity index (χ0v) is 61.4. The van der Waals surface area contributed by atoms with Gasteiger partial charge >= 0.3 is 23.9 Å². The van der Waals surface area contributed by atoms with Crippen molar-refractivity contribution in [2.75, 3.05) is 32.9 Å². The van der Waals surface area contributed by atoms with Gasteiger partial charge in [0.2, 0.25) is 100 Å². The van der Waals surface area contributed by atoms with Crippen LogP contribution in [0.3, 0.4) is 0 Å². The molecule has 626 valence electrons. The lowest BCUT2D eigenvalue weighted by Gasteiger charge is -2.29. The molecular formula is C62H103N19O30. The minimum atomic E-state index is -2.32. The number of unbranched alkanes of at least 4 members (excludes halogenated alkanes) is 1. The predicted molar refractivity (Wildman–Crippen MR) is 373 cm³/mol. The van der Waals surface area contributed by atoms with Crippen molar-refractivity contribution in [3.8, 4) is 0 Å². The molecule has 0 saturated heterocycles. The Labute approximate surface area is 632 Å². The van der Waals surface area contributed by atoms with Gasteiger partial charge in [-0.2, -0.15) is 0 Å². The summed E-state index contributed by atoms with van der Waals surface area (Å²) in [6.07, 6.45) is -10.2. The number of primary amides is 3. The number of hydrogen-bond donors (Lipinski definition) is 28. The van der Waals surface area contributed by atoms with E-state index in [1.807, 2.05) is 42.5 Å². The number of aliphatic hydroxyl groups excluding tert-OH is 5. The molecule has 0 fully saturated rings. The number of hydrogen-bond acceptors (Lipinski definition) is 28. The van der Waals surface area contributed by atoms with Gasteiger partial charge in [-0.3, -0.25) is 95.9 Å². The molecule has 0 aliphatic rings. The van der Waals surface area contributed by atoms with Crippen molar-refractivity contribution < 1.29 is 147 Å². The molecule has 49 heteroatoms. The van der Waals surface area contributed by atoms with E-state index in [2.05, 4.69) is 31.9 Å². The monoisotopic (exact) mass is 1590 g/mol. The Morgan fingerprint density at radius 3 is 1.07 bits per heavy atom. The maximum atomic E-state index is 14.2. The SMILES string of the molecule is CC[C@H](C)[C@H](NC(=O)[C@H](CO)NC(=O)[C@H](CCCCN)NC(=O)[C@H](CC(C)C)NC(=O)[C@H](CC(=O)O)NC(=O)[C@H](CO)NC(=O)[C@H](CC(=O)O)NC(=O)[C@H](CO)NC(=O)[C@H](CC(N)=O)NC(=O)[C@@H](NC(=O)CNC(=O)[C@H](CC(N)=O)NC(=O)[C@@H](N)[C@@H](C)O)[C@@H](C)O)C(=O)N[C@@H](CCC(N)=O)C(=O)N[C@@H](CC(=O)O)C(=O)O. The number of aliphatic hydroxyl groups is 5. The van der Waals surface area contributed by atoms with E-state index in [4.69, 9.17) is 33.8 Å². The summed E-state index contributed by atoms with van der Waals surface area (Å²) in [7, 11) is 0. The Morgan fingerprint density at radius 1 is 0.351 bits per heavy atom. The van der Waals surface area contributed by atoms with Gasteiger partial charge in [0.25, 0.3) is 0 Å². The zero-order chi connectivity index (χ0) is 85.4. The summed E-state index contributed by atoms with van der Waals surface area (Å²) in [5.41, 5.74) is 26.9. The number of carbonyl (C=O) groups is 21. The fourth-order valence-corrected chi connectivity index (χ4v) is 9.63. The van der Waals surface area contributed by atoms with Crippen LogP contribution in [0.1, 0.15) is 119 Å². The van der Waals surface area contributed by atoms with Crippen LogP contribution in [0.25, 0.3) is 0 Å². The number of carboxylic acids is 4. The Morgan fingerprint density at radius 2 is 0.685 bits per heavy atom. The molecule has 17 atom stereocenters. The van der Waals surface area contributed by atoms with E-state index in [-0.39, 0.29) is 38.6 Å². The van der Waals surface area contributed by atoms with Gasteiger partial charge in [0.05, 0.1) is 70.7 Å². The summed E-state index contributed by atoms with van der Waals surface area (Å²) in [4.78, 5) is 272. The van der Waals surface area contributed by atoms with Gasteiger partial charge in [-0.25, -0.2) is 4.79 Å². The molecule has 0 bridgehead atoms. The van der Waals surface area contributed by atoms with E-state index in [9.17, 15) is 142 Å². The number of rotatable bonds is 55. The Kier molecular flexibility index (Phi) is 45.2. The fraction of sp³-hybridized carbons (Fsp3) is 0.661. The second kappa shape index (κ2) is 50.3. The molecule has 0 radical (unpaired) electrons. The number of aliphatic carboxylic acids is 4. The van der Waals surface area contributed by atoms with Gasteiger partial charge in [0, 0.05) is 6.42 Å². The molecule has 49 nitrogen and oxygen atoms in total. The third-order valence-corrected chi connectivity index (χ3v) is 15.9. The van der Waals surface area contributed by atoms with Crippen molar-refractivity contribution in [3.63, 3.8) is 0 Å². The van der Waals surface area contributed by atoms with Gasteiger partial charge < -0.3 is 149 Å². The standard InChI is InChI=1S/C62H103N19O30/c1-7-25(4)47(60(108)70-29(11-12-39(64)87)51(99)76-35(62(110)111)19-45(95)96)81-58(106)38(23-84)77-50(98)28(10-8-9-13-63)69-52(100)30(14-24(2)3)71-54(102)33(17-43(91)92)72-57(105)37(22-83)79-55(103)34(18-44(93)94)73-56(104)36(21-82)78-53(101)32(16-41(66)89)75-61(109)48(27(6)86)80-42(90)20-68-49(97)31(15-40(65)88)74-59(107)46(67)26(5)85/h24-38,46-48,82-86H,7-23,63,67H2,1-6H3,(H2,64,87)(H2,65,88)(H2,66,89)(H,68,97)(H,69,100)(H,70,108)(H,71,102)(H,72,105)(H,73,104)(H,74,107)(H,75,109)(H,76,99)(H,77,98)(H,78,101)(H,79,103)(H,80,90)(H,81,106)(H,91,92)(H,93,94)(H,95,96)(H,110,111)/t25-,26+,27+,28-,29-,30-,31-,32-,33-,34-,35-,36-,37-,38-,46-,47-,48-/m0/s1. The topological polar surface area (TPSA) is 839 Å². The lowest BCUT2D eigenvalue weighted by molar-refractivity contribution is -0.147. The lowest BCUT2D eigenvalue weighted by atomic mass is 9.97. The fourth-order valence-electron chi connectivity index (χ4n) is 9.63. The third kappa shape index (κ3) is 38.0. The van der Waals surface area contributed by atoms with Crippen LogP contribution in [0.5, 0.6) is 0 Å². The first kappa shape index (κ1) is 99.6. The molecule has 33 N–H and O–H groups in total. The molecule has 0 rings (SSSR count). The van der Waals surface area contributed by atoms with Crippen LogP contribution < -0.4 is 103 Å². The first-order chi connectivity index (χ1) is 51.7. The highest BCUT2D eigenvalue weighted by Gasteiger charge is 2.40. The van der Waals surface area contributed by atoms with E-state index in [1.54, 1.807) is 20.8 Å². The smallest absolute Gasteiger partial charge is 0.326 e. The van der Waals surface area contributed by atoms with Crippen LogP contribution in [0, 0.1) is 11.8 Å². The van der Waals surface area contributed by atoms with Crippen molar-refractivity contribution in [2.24, 2.45) is 40.5 Å². The third-order valence-electron chi connectivity index (χ3n) is 15.9. The summed E-state index contributed by atoms with van der Waals surface area (Å²) >= 11 is 0. The normalized spacial score (nSPS) is 15.6. The highest BCUT2D eigenvalue weighted by molar-refractivity contribution is 6.02. The first-order valence-electron chi connectivity index (χ1n) is 34.3. The second-order valence-electron chi connectivity index (χ2n) is 25.8. The molecule has 17 amide bonds. The molecule has 0 unspecified atom stereocenters. The Balaban J connectivity index is 6.74. The Hall–Kier alpha value is -11.4. The molecule has 0 aromatic carbocycles. The van der Waals surface area contributed by atoms with E-state index >= 15 is 0 Å². The number of nitrogens with one attached hydrogen (secondary N) is 14. The van der Waals surface area contributed by atoms with Gasteiger partial charge in [0.15, 0.2) is 0 Å². The number of carboxylic acid groups (broad SMARTS) is 4. The minimum Gasteiger partial charge on any atom is -0.481 e. The van der Waals surface area contributed by atoms with E-state index in [0.717, 1.165) is 13.8 Å². The van der Waals surface area contributed by atoms with Crippen molar-refractivity contribution >= 4 is 124 Å². The predicted octanol–water partition coefficient (Wildman–Crippen LogP) is -14.8. The average Bonchev–Trinajstić information content (AvgIpc) is 0.857. The summed E-state index contributed by atoms with van der Waals surface area (Å²) in [5.74, 6) is -30.5. The largest absolute Gasteiger partial charge is 0.481 e. The van der Waals surface area contributed by atoms with Crippen molar-refractivity contribution in [2.45, 2.75) is 215 Å². The number of carbonyl (C=O) groups excluding carboxylic acids is 17. The molecule has 0 spiro atoms. The van der Waals surface area contributed by atoms with Crippen molar-refractivity contribution in [3.05, 3.63) is 0 Å². The van der Waals surface area contributed by atoms with Crippen LogP contribution in [0.15, 0.2) is 0 Å². The maximum absolute atomic E-state index is 14.2. The average molecular weight is 1590 g/mol. The maximum Gasteiger partial charge on any atom is 0.326 e. The lowest BCUT2D eigenvalue weighted by Crippen LogP contribution is -2.62. The van der Waals surface area contributed by atoms with Crippen molar-refractivity contribution in [1.82, 2.24) is 74.4 Å². The second-order valence-corrected chi connectivity index (χ2v) is 25.8. The molecule has 0 heterocycles. The number of nitrogens with two attached hydrogens (primary N) is 5. The molecule has 0 aliphatic heterocycles.